The zero-order valence-corrected chi connectivity index (χ0v) is 15.6. The standard InChI is InChI=1S/C22H22P.CH2O2/c1-4-11-19(12-5-1)23(22-17-10-18-22,20-13-6-2-7-14-20)21-15-8-3-9-16-21;2-1-3/h1-9,11-16,22H,10,17-18H2;1H,(H,2,3)/q+1;/p-1. The van der Waals surface area contributed by atoms with Crippen LogP contribution in [0.1, 0.15) is 19.3 Å². The molecule has 0 amide bonds. The molecule has 0 unspecified atom stereocenters. The Labute approximate surface area is 155 Å². The summed E-state index contributed by atoms with van der Waals surface area (Å²) in [7, 11) is -1.56. The van der Waals surface area contributed by atoms with Gasteiger partial charge in [-0.2, -0.15) is 0 Å². The van der Waals surface area contributed by atoms with E-state index in [9.17, 15) is 0 Å². The maximum atomic E-state index is 8.25. The van der Waals surface area contributed by atoms with Gasteiger partial charge in [-0.05, 0) is 55.7 Å². The summed E-state index contributed by atoms with van der Waals surface area (Å²) in [6.07, 6.45) is 4.08. The van der Waals surface area contributed by atoms with Crippen molar-refractivity contribution in [3.63, 3.8) is 0 Å². The predicted octanol–water partition coefficient (Wildman–Crippen LogP) is 2.90. The minimum atomic E-state index is -1.56. The quantitative estimate of drug-likeness (QED) is 0.529. The van der Waals surface area contributed by atoms with Crippen molar-refractivity contribution >= 4 is 29.6 Å². The summed E-state index contributed by atoms with van der Waals surface area (Å²) in [5, 5.41) is 12.8. The summed E-state index contributed by atoms with van der Waals surface area (Å²) in [4.78, 5) is 8.25. The van der Waals surface area contributed by atoms with E-state index in [-0.39, 0.29) is 0 Å². The largest absolute Gasteiger partial charge is 0.554 e. The van der Waals surface area contributed by atoms with Crippen LogP contribution in [0.4, 0.5) is 0 Å². The van der Waals surface area contributed by atoms with E-state index in [0.29, 0.717) is 0 Å². The second-order valence-electron chi connectivity index (χ2n) is 6.41. The molecule has 3 aromatic carbocycles. The zero-order valence-electron chi connectivity index (χ0n) is 14.7. The first-order valence-electron chi connectivity index (χ1n) is 8.95. The van der Waals surface area contributed by atoms with Gasteiger partial charge in [-0.3, -0.25) is 0 Å². The number of hydrogen-bond acceptors (Lipinski definition) is 2. The average Bonchev–Trinajstić information content (AvgIpc) is 2.67. The Morgan fingerprint density at radius 2 is 1.00 bits per heavy atom. The van der Waals surface area contributed by atoms with Gasteiger partial charge in [0.25, 0.3) is 0 Å². The Morgan fingerprint density at radius 1 is 0.692 bits per heavy atom. The molecule has 0 spiro atoms. The molecule has 0 N–H and O–H groups in total. The number of rotatable bonds is 4. The number of benzene rings is 3. The third-order valence-electron chi connectivity index (χ3n) is 5.11. The van der Waals surface area contributed by atoms with E-state index in [1.807, 2.05) is 0 Å². The first-order chi connectivity index (χ1) is 12.8. The van der Waals surface area contributed by atoms with Gasteiger partial charge in [-0.15, -0.1) is 0 Å². The monoisotopic (exact) mass is 362 g/mol. The molecule has 0 bridgehead atoms. The van der Waals surface area contributed by atoms with Crippen molar-refractivity contribution in [2.75, 3.05) is 0 Å². The molecule has 0 saturated heterocycles. The van der Waals surface area contributed by atoms with Crippen molar-refractivity contribution in [2.45, 2.75) is 24.9 Å². The van der Waals surface area contributed by atoms with E-state index in [1.165, 1.54) is 35.2 Å². The smallest absolute Gasteiger partial charge is 0.115 e. The lowest BCUT2D eigenvalue weighted by Crippen LogP contribution is -2.41. The van der Waals surface area contributed by atoms with Crippen molar-refractivity contribution in [2.24, 2.45) is 0 Å². The first-order valence-corrected chi connectivity index (χ1v) is 10.8. The van der Waals surface area contributed by atoms with Gasteiger partial charge in [0, 0.05) is 6.47 Å². The summed E-state index contributed by atoms with van der Waals surface area (Å²) in [5.41, 5.74) is 0.787. The Morgan fingerprint density at radius 3 is 1.23 bits per heavy atom. The van der Waals surface area contributed by atoms with E-state index in [1.54, 1.807) is 0 Å². The zero-order chi connectivity index (χ0) is 18.2. The van der Waals surface area contributed by atoms with Gasteiger partial charge in [0.05, 0.1) is 5.66 Å². The Balaban J connectivity index is 0.000000613. The van der Waals surface area contributed by atoms with Gasteiger partial charge < -0.3 is 9.90 Å². The first kappa shape index (κ1) is 18.4. The van der Waals surface area contributed by atoms with E-state index in [0.717, 1.165) is 5.66 Å². The molecular formula is C23H23O2P. The minimum Gasteiger partial charge on any atom is -0.554 e. The molecule has 0 atom stereocenters. The van der Waals surface area contributed by atoms with Gasteiger partial charge in [0.2, 0.25) is 0 Å². The maximum Gasteiger partial charge on any atom is 0.115 e. The van der Waals surface area contributed by atoms with Crippen LogP contribution in [0, 0.1) is 0 Å². The molecule has 2 nitrogen and oxygen atoms in total. The lowest BCUT2D eigenvalue weighted by molar-refractivity contribution is -0.283. The van der Waals surface area contributed by atoms with Gasteiger partial charge in [0.15, 0.2) is 0 Å². The van der Waals surface area contributed by atoms with Crippen LogP contribution < -0.4 is 21.0 Å². The summed E-state index contributed by atoms with van der Waals surface area (Å²) >= 11 is 0. The molecule has 3 heteroatoms. The Kier molecular flexibility index (Phi) is 6.20. The topological polar surface area (TPSA) is 40.1 Å². The van der Waals surface area contributed by atoms with Crippen LogP contribution in [-0.4, -0.2) is 12.1 Å². The van der Waals surface area contributed by atoms with Gasteiger partial charge in [-0.1, -0.05) is 54.6 Å². The van der Waals surface area contributed by atoms with Crippen molar-refractivity contribution in [1.29, 1.82) is 0 Å². The highest BCUT2D eigenvalue weighted by Crippen LogP contribution is 2.65. The van der Waals surface area contributed by atoms with Crippen molar-refractivity contribution in [3.8, 4) is 0 Å². The van der Waals surface area contributed by atoms with Crippen LogP contribution >= 0.6 is 7.26 Å². The molecule has 4 rings (SSSR count). The molecular weight excluding hydrogens is 339 g/mol. The van der Waals surface area contributed by atoms with Gasteiger partial charge in [-0.25, -0.2) is 0 Å². The molecule has 0 heterocycles. The molecule has 1 saturated carbocycles. The normalized spacial score (nSPS) is 13.8. The second kappa shape index (κ2) is 8.78. The van der Waals surface area contributed by atoms with Crippen molar-refractivity contribution in [1.82, 2.24) is 0 Å². The van der Waals surface area contributed by atoms with Crippen LogP contribution in [0.25, 0.3) is 0 Å². The van der Waals surface area contributed by atoms with Gasteiger partial charge in [0.1, 0.15) is 23.2 Å². The number of carboxylic acid groups (broad SMARTS) is 1. The molecule has 26 heavy (non-hydrogen) atoms. The Hall–Kier alpha value is -2.44. The molecule has 1 fully saturated rings. The summed E-state index contributed by atoms with van der Waals surface area (Å²) < 4.78 is 0. The number of carbonyl (C=O) groups excluding carboxylic acids is 1. The number of hydrogen-bond donors (Lipinski definition) is 0. The summed E-state index contributed by atoms with van der Waals surface area (Å²) in [6.45, 7) is -0.500. The van der Waals surface area contributed by atoms with E-state index < -0.39 is 13.7 Å². The fourth-order valence-electron chi connectivity index (χ4n) is 3.84. The van der Waals surface area contributed by atoms with E-state index >= 15 is 0 Å². The molecule has 0 radical (unpaired) electrons. The summed E-state index contributed by atoms with van der Waals surface area (Å²) in [6, 6.07) is 33.7. The fourth-order valence-corrected chi connectivity index (χ4v) is 9.07. The third-order valence-corrected chi connectivity index (χ3v) is 10.1. The average molecular weight is 362 g/mol. The lowest BCUT2D eigenvalue weighted by Gasteiger charge is -2.39. The predicted molar refractivity (Wildman–Crippen MR) is 109 cm³/mol. The van der Waals surface area contributed by atoms with Crippen LogP contribution in [0.5, 0.6) is 0 Å². The highest BCUT2D eigenvalue weighted by Gasteiger charge is 2.54. The Bertz CT molecular complexity index is 703. The lowest BCUT2D eigenvalue weighted by atomic mass is 10.00. The van der Waals surface area contributed by atoms with E-state index in [2.05, 4.69) is 91.0 Å². The second-order valence-corrected chi connectivity index (χ2v) is 10.1. The van der Waals surface area contributed by atoms with Crippen LogP contribution in [0.2, 0.25) is 0 Å². The fraction of sp³-hybridized carbons (Fsp3) is 0.174. The van der Waals surface area contributed by atoms with Crippen LogP contribution in [0.15, 0.2) is 91.0 Å². The molecule has 132 valence electrons. The highest BCUT2D eigenvalue weighted by molar-refractivity contribution is 7.96. The molecule has 0 aromatic heterocycles. The van der Waals surface area contributed by atoms with Gasteiger partial charge >= 0.3 is 0 Å². The maximum absolute atomic E-state index is 8.25. The van der Waals surface area contributed by atoms with E-state index in [4.69, 9.17) is 9.90 Å². The minimum absolute atomic E-state index is 0.500. The molecule has 3 aromatic rings. The van der Waals surface area contributed by atoms with Crippen molar-refractivity contribution < 1.29 is 9.90 Å². The molecule has 1 aliphatic rings. The third kappa shape index (κ3) is 3.43. The van der Waals surface area contributed by atoms with Crippen LogP contribution in [0.3, 0.4) is 0 Å². The summed E-state index contributed by atoms with van der Waals surface area (Å²) in [5.74, 6) is 0. The SMILES string of the molecule is O=C[O-].c1ccc([P+](c2ccccc2)(c2ccccc2)C2CCC2)cc1. The highest BCUT2D eigenvalue weighted by atomic mass is 31.2. The van der Waals surface area contributed by atoms with Crippen molar-refractivity contribution in [3.05, 3.63) is 91.0 Å². The molecule has 0 aliphatic heterocycles. The van der Waals surface area contributed by atoms with Crippen LogP contribution in [-0.2, 0) is 4.79 Å². The number of carbonyl (C=O) groups is 1. The molecule has 1 aliphatic carbocycles.